The zero-order valence-corrected chi connectivity index (χ0v) is 15.3. The summed E-state index contributed by atoms with van der Waals surface area (Å²) in [6.07, 6.45) is 7.18. The predicted octanol–water partition coefficient (Wildman–Crippen LogP) is 3.89. The molecule has 5 nitrogen and oxygen atoms in total. The van der Waals surface area contributed by atoms with Gasteiger partial charge in [-0.25, -0.2) is 18.1 Å². The summed E-state index contributed by atoms with van der Waals surface area (Å²) in [5.74, 6) is 0.850. The maximum Gasteiger partial charge on any atom is 0.268 e. The van der Waals surface area contributed by atoms with Gasteiger partial charge in [0.25, 0.3) is 10.0 Å². The number of hydrogen-bond acceptors (Lipinski definition) is 5. The molecule has 1 aliphatic rings. The third kappa shape index (κ3) is 4.15. The number of benzene rings is 1. The maximum atomic E-state index is 12.3. The molecule has 0 spiro atoms. The molecule has 1 aromatic carbocycles. The molecule has 0 amide bonds. The lowest BCUT2D eigenvalue weighted by atomic mass is 10.1. The van der Waals surface area contributed by atoms with Gasteiger partial charge in [-0.1, -0.05) is 19.1 Å². The fraction of sp³-hybridized carbons (Fsp3) is 0.471. The van der Waals surface area contributed by atoms with Crippen LogP contribution in [0.1, 0.15) is 50.6 Å². The Bertz CT molecular complexity index is 737. The molecule has 130 valence electrons. The Balaban J connectivity index is 1.69. The smallest absolute Gasteiger partial charge is 0.268 e. The van der Waals surface area contributed by atoms with Gasteiger partial charge in [-0.05, 0) is 49.8 Å². The molecule has 0 bridgehead atoms. The van der Waals surface area contributed by atoms with E-state index in [1.807, 2.05) is 31.2 Å². The van der Waals surface area contributed by atoms with Crippen molar-refractivity contribution in [3.63, 3.8) is 0 Å². The number of nitrogens with zero attached hydrogens (tertiary/aromatic N) is 1. The summed E-state index contributed by atoms with van der Waals surface area (Å²) < 4.78 is 33.5. The summed E-state index contributed by atoms with van der Waals surface area (Å²) in [6.45, 7) is 1.96. The van der Waals surface area contributed by atoms with Gasteiger partial charge in [0.1, 0.15) is 5.75 Å². The van der Waals surface area contributed by atoms with Crippen LogP contribution in [-0.2, 0) is 10.0 Å². The van der Waals surface area contributed by atoms with Gasteiger partial charge >= 0.3 is 0 Å². The van der Waals surface area contributed by atoms with Crippen molar-refractivity contribution in [3.8, 4) is 5.75 Å². The van der Waals surface area contributed by atoms with Gasteiger partial charge in [-0.2, -0.15) is 0 Å². The van der Waals surface area contributed by atoms with Crippen LogP contribution in [0.25, 0.3) is 0 Å². The van der Waals surface area contributed by atoms with Crippen LogP contribution in [-0.4, -0.2) is 19.5 Å². The lowest BCUT2D eigenvalue weighted by Crippen LogP contribution is -2.28. The van der Waals surface area contributed by atoms with Crippen molar-refractivity contribution in [2.75, 3.05) is 0 Å². The highest BCUT2D eigenvalue weighted by molar-refractivity contribution is 7.91. The minimum absolute atomic E-state index is 0.0992. The van der Waals surface area contributed by atoms with Crippen molar-refractivity contribution in [3.05, 3.63) is 41.4 Å². The molecule has 0 radical (unpaired) electrons. The Labute approximate surface area is 147 Å². The average molecular weight is 367 g/mol. The third-order valence-corrected chi connectivity index (χ3v) is 6.90. The molecular formula is C17H22N2O3S2. The summed E-state index contributed by atoms with van der Waals surface area (Å²) in [5, 5.41) is 1.66. The van der Waals surface area contributed by atoms with Gasteiger partial charge in [0.05, 0.1) is 6.10 Å². The number of sulfonamides is 1. The SMILES string of the molecule is CCC(NS(=O)(=O)c1nccs1)c1ccc(OC2CCCC2)cc1. The summed E-state index contributed by atoms with van der Waals surface area (Å²) in [5.41, 5.74) is 0.927. The first-order chi connectivity index (χ1) is 11.6. The highest BCUT2D eigenvalue weighted by Crippen LogP contribution is 2.26. The van der Waals surface area contributed by atoms with E-state index in [0.29, 0.717) is 12.5 Å². The molecule has 2 aromatic rings. The number of thiazole rings is 1. The number of hydrogen-bond donors (Lipinski definition) is 1. The Kier molecular flexibility index (Phi) is 5.53. The lowest BCUT2D eigenvalue weighted by molar-refractivity contribution is 0.210. The quantitative estimate of drug-likeness (QED) is 0.807. The Hall–Kier alpha value is -1.44. The van der Waals surface area contributed by atoms with E-state index in [0.717, 1.165) is 35.5 Å². The molecule has 1 saturated carbocycles. The van der Waals surface area contributed by atoms with Crippen LogP contribution in [0, 0.1) is 0 Å². The maximum absolute atomic E-state index is 12.3. The van der Waals surface area contributed by atoms with E-state index in [-0.39, 0.29) is 10.4 Å². The van der Waals surface area contributed by atoms with Crippen LogP contribution in [0.4, 0.5) is 0 Å². The first kappa shape index (κ1) is 17.4. The van der Waals surface area contributed by atoms with Gasteiger partial charge in [-0.3, -0.25) is 0 Å². The molecule has 1 unspecified atom stereocenters. The summed E-state index contributed by atoms with van der Waals surface area (Å²) in [6, 6.07) is 7.44. The molecule has 1 fully saturated rings. The van der Waals surface area contributed by atoms with Gasteiger partial charge in [-0.15, -0.1) is 11.3 Å². The van der Waals surface area contributed by atoms with Gasteiger partial charge in [0, 0.05) is 17.6 Å². The molecule has 24 heavy (non-hydrogen) atoms. The Morgan fingerprint density at radius 2 is 2.00 bits per heavy atom. The Morgan fingerprint density at radius 3 is 2.58 bits per heavy atom. The van der Waals surface area contributed by atoms with Gasteiger partial charge in [0.2, 0.25) is 4.34 Å². The van der Waals surface area contributed by atoms with Crippen molar-refractivity contribution >= 4 is 21.4 Å². The molecule has 1 N–H and O–H groups in total. The standard InChI is InChI=1S/C17H22N2O3S2/c1-2-16(19-24(20,21)17-18-11-12-23-17)13-7-9-15(10-8-13)22-14-5-3-4-6-14/h7-12,14,16,19H,2-6H2,1H3. The minimum Gasteiger partial charge on any atom is -0.490 e. The predicted molar refractivity (Wildman–Crippen MR) is 94.8 cm³/mol. The largest absolute Gasteiger partial charge is 0.490 e. The van der Waals surface area contributed by atoms with E-state index in [2.05, 4.69) is 9.71 Å². The minimum atomic E-state index is -3.58. The number of ether oxygens (including phenoxy) is 1. The molecule has 1 aromatic heterocycles. The first-order valence-electron chi connectivity index (χ1n) is 8.27. The number of aromatic nitrogens is 1. The van der Waals surface area contributed by atoms with E-state index in [4.69, 9.17) is 4.74 Å². The van der Waals surface area contributed by atoms with Crippen LogP contribution in [0.5, 0.6) is 5.75 Å². The fourth-order valence-electron chi connectivity index (χ4n) is 2.95. The monoisotopic (exact) mass is 366 g/mol. The highest BCUT2D eigenvalue weighted by atomic mass is 32.2. The molecule has 0 aliphatic heterocycles. The average Bonchev–Trinajstić information content (AvgIpc) is 3.27. The highest BCUT2D eigenvalue weighted by Gasteiger charge is 2.22. The molecular weight excluding hydrogens is 344 g/mol. The first-order valence-corrected chi connectivity index (χ1v) is 10.6. The summed E-state index contributed by atoms with van der Waals surface area (Å²) in [4.78, 5) is 3.89. The van der Waals surface area contributed by atoms with Crippen LogP contribution in [0.3, 0.4) is 0 Å². The van der Waals surface area contributed by atoms with E-state index >= 15 is 0 Å². The second kappa shape index (κ2) is 7.63. The number of nitrogens with one attached hydrogen (secondary N) is 1. The van der Waals surface area contributed by atoms with E-state index in [9.17, 15) is 8.42 Å². The molecule has 0 saturated heterocycles. The molecule has 3 rings (SSSR count). The zero-order chi connectivity index (χ0) is 17.0. The molecule has 1 heterocycles. The number of rotatable bonds is 7. The van der Waals surface area contributed by atoms with Crippen molar-refractivity contribution in [2.24, 2.45) is 0 Å². The normalized spacial score (nSPS) is 17.0. The van der Waals surface area contributed by atoms with Crippen molar-refractivity contribution in [2.45, 2.75) is 55.5 Å². The fourth-order valence-corrected chi connectivity index (χ4v) is 5.10. The Morgan fingerprint density at radius 1 is 1.29 bits per heavy atom. The van der Waals surface area contributed by atoms with Gasteiger partial charge < -0.3 is 4.74 Å². The van der Waals surface area contributed by atoms with Crippen molar-refractivity contribution in [1.82, 2.24) is 9.71 Å². The van der Waals surface area contributed by atoms with E-state index < -0.39 is 10.0 Å². The summed E-state index contributed by atoms with van der Waals surface area (Å²) in [7, 11) is -3.58. The van der Waals surface area contributed by atoms with Crippen molar-refractivity contribution < 1.29 is 13.2 Å². The van der Waals surface area contributed by atoms with Gasteiger partial charge in [0.15, 0.2) is 0 Å². The molecule has 7 heteroatoms. The molecule has 1 aliphatic carbocycles. The van der Waals surface area contributed by atoms with Crippen molar-refractivity contribution in [1.29, 1.82) is 0 Å². The zero-order valence-electron chi connectivity index (χ0n) is 13.6. The summed E-state index contributed by atoms with van der Waals surface area (Å²) >= 11 is 1.12. The lowest BCUT2D eigenvalue weighted by Gasteiger charge is -2.18. The third-order valence-electron chi connectivity index (χ3n) is 4.23. The van der Waals surface area contributed by atoms with E-state index in [1.54, 1.807) is 5.38 Å². The van der Waals surface area contributed by atoms with Crippen LogP contribution < -0.4 is 9.46 Å². The van der Waals surface area contributed by atoms with Crippen LogP contribution in [0.2, 0.25) is 0 Å². The van der Waals surface area contributed by atoms with Crippen LogP contribution >= 0.6 is 11.3 Å². The second-order valence-corrected chi connectivity index (χ2v) is 8.76. The topological polar surface area (TPSA) is 68.3 Å². The second-order valence-electron chi connectivity index (χ2n) is 5.97. The van der Waals surface area contributed by atoms with Crippen LogP contribution in [0.15, 0.2) is 40.2 Å². The molecule has 1 atom stereocenters. The van der Waals surface area contributed by atoms with E-state index in [1.165, 1.54) is 19.0 Å².